The van der Waals surface area contributed by atoms with Crippen molar-refractivity contribution in [2.75, 3.05) is 0 Å². The van der Waals surface area contributed by atoms with E-state index in [4.69, 9.17) is 5.73 Å². The molecule has 0 saturated carbocycles. The van der Waals surface area contributed by atoms with Crippen molar-refractivity contribution in [3.05, 3.63) is 71.5 Å². The molecule has 0 aliphatic carbocycles. The second-order valence-corrected chi connectivity index (χ2v) is 3.80. The highest BCUT2D eigenvalue weighted by molar-refractivity contribution is 5.85. The topological polar surface area (TPSA) is 43.1 Å². The molecule has 2 aromatic carbocycles. The van der Waals surface area contributed by atoms with Crippen LogP contribution in [0.5, 0.6) is 0 Å². The number of hydrogen-bond acceptors (Lipinski definition) is 1. The standard InChI is InChI=1S/C14H12FNO/c15-12-8-6-11(7-9-12)13(14(16)17)10-4-2-1-3-5-10/h1-9,13H,(H2,16,17). The van der Waals surface area contributed by atoms with Gasteiger partial charge in [0.2, 0.25) is 5.91 Å². The van der Waals surface area contributed by atoms with Crippen LogP contribution >= 0.6 is 0 Å². The number of carbonyl (C=O) groups excluding carboxylic acids is 1. The second-order valence-electron chi connectivity index (χ2n) is 3.80. The van der Waals surface area contributed by atoms with Crippen molar-refractivity contribution in [2.24, 2.45) is 5.73 Å². The summed E-state index contributed by atoms with van der Waals surface area (Å²) in [6.07, 6.45) is 0. The number of benzene rings is 2. The fourth-order valence-corrected chi connectivity index (χ4v) is 1.82. The van der Waals surface area contributed by atoms with E-state index in [-0.39, 0.29) is 5.82 Å². The smallest absolute Gasteiger partial charge is 0.229 e. The van der Waals surface area contributed by atoms with E-state index in [0.717, 1.165) is 5.56 Å². The van der Waals surface area contributed by atoms with Crippen molar-refractivity contribution in [3.8, 4) is 0 Å². The zero-order valence-electron chi connectivity index (χ0n) is 9.14. The predicted molar refractivity (Wildman–Crippen MR) is 63.9 cm³/mol. The Balaban J connectivity index is 2.43. The summed E-state index contributed by atoms with van der Waals surface area (Å²) in [6, 6.07) is 15.0. The molecule has 0 aliphatic rings. The molecule has 0 saturated heterocycles. The van der Waals surface area contributed by atoms with Gasteiger partial charge in [0, 0.05) is 0 Å². The van der Waals surface area contributed by atoms with Crippen LogP contribution in [0.1, 0.15) is 17.0 Å². The molecule has 2 nitrogen and oxygen atoms in total. The minimum absolute atomic E-state index is 0.329. The third-order valence-electron chi connectivity index (χ3n) is 2.62. The van der Waals surface area contributed by atoms with Gasteiger partial charge in [0.15, 0.2) is 0 Å². The van der Waals surface area contributed by atoms with Crippen molar-refractivity contribution < 1.29 is 9.18 Å². The van der Waals surface area contributed by atoms with E-state index in [1.165, 1.54) is 12.1 Å². The lowest BCUT2D eigenvalue weighted by molar-refractivity contribution is -0.118. The average molecular weight is 229 g/mol. The summed E-state index contributed by atoms with van der Waals surface area (Å²) in [5.41, 5.74) is 6.92. The Kier molecular flexibility index (Phi) is 3.19. The number of rotatable bonds is 3. The molecular formula is C14H12FNO. The Hall–Kier alpha value is -2.16. The van der Waals surface area contributed by atoms with Crippen molar-refractivity contribution in [1.29, 1.82) is 0 Å². The molecule has 86 valence electrons. The van der Waals surface area contributed by atoms with E-state index in [1.54, 1.807) is 12.1 Å². The summed E-state index contributed by atoms with van der Waals surface area (Å²) in [5, 5.41) is 0. The van der Waals surface area contributed by atoms with Gasteiger partial charge in [-0.15, -0.1) is 0 Å². The predicted octanol–water partition coefficient (Wildman–Crippen LogP) is 2.44. The quantitative estimate of drug-likeness (QED) is 0.863. The van der Waals surface area contributed by atoms with E-state index < -0.39 is 11.8 Å². The Labute approximate surface area is 98.9 Å². The van der Waals surface area contributed by atoms with Gasteiger partial charge in [0.05, 0.1) is 5.92 Å². The maximum absolute atomic E-state index is 12.8. The highest BCUT2D eigenvalue weighted by Crippen LogP contribution is 2.24. The van der Waals surface area contributed by atoms with Crippen molar-refractivity contribution in [1.82, 2.24) is 0 Å². The van der Waals surface area contributed by atoms with Crippen LogP contribution in [0.2, 0.25) is 0 Å². The molecule has 0 radical (unpaired) electrons. The fourth-order valence-electron chi connectivity index (χ4n) is 1.82. The molecule has 0 heterocycles. The monoisotopic (exact) mass is 229 g/mol. The average Bonchev–Trinajstić information content (AvgIpc) is 2.33. The number of halogens is 1. The molecule has 0 bridgehead atoms. The molecule has 1 unspecified atom stereocenters. The van der Waals surface area contributed by atoms with Crippen LogP contribution in [0, 0.1) is 5.82 Å². The summed E-state index contributed by atoms with van der Waals surface area (Å²) in [7, 11) is 0. The van der Waals surface area contributed by atoms with Gasteiger partial charge >= 0.3 is 0 Å². The number of amides is 1. The summed E-state index contributed by atoms with van der Waals surface area (Å²) < 4.78 is 12.8. The highest BCUT2D eigenvalue weighted by atomic mass is 19.1. The van der Waals surface area contributed by atoms with Gasteiger partial charge in [0.25, 0.3) is 0 Å². The van der Waals surface area contributed by atoms with Gasteiger partial charge in [-0.25, -0.2) is 4.39 Å². The van der Waals surface area contributed by atoms with Crippen molar-refractivity contribution in [2.45, 2.75) is 5.92 Å². The van der Waals surface area contributed by atoms with Crippen LogP contribution in [-0.2, 0) is 4.79 Å². The first-order chi connectivity index (χ1) is 8.18. The highest BCUT2D eigenvalue weighted by Gasteiger charge is 2.19. The normalized spacial score (nSPS) is 12.1. The number of primary amides is 1. The molecule has 0 spiro atoms. The van der Waals surface area contributed by atoms with Gasteiger partial charge in [-0.1, -0.05) is 42.5 Å². The van der Waals surface area contributed by atoms with Crippen LogP contribution in [0.4, 0.5) is 4.39 Å². The summed E-state index contributed by atoms with van der Waals surface area (Å²) in [4.78, 5) is 11.5. The molecule has 0 aliphatic heterocycles. The Bertz CT molecular complexity index is 508. The minimum atomic E-state index is -0.531. The van der Waals surface area contributed by atoms with Gasteiger partial charge in [0.1, 0.15) is 5.82 Å². The third-order valence-corrected chi connectivity index (χ3v) is 2.62. The Morgan fingerprint density at radius 1 is 0.941 bits per heavy atom. The molecule has 2 rings (SSSR count). The largest absolute Gasteiger partial charge is 0.369 e. The van der Waals surface area contributed by atoms with Crippen LogP contribution in [0.25, 0.3) is 0 Å². The van der Waals surface area contributed by atoms with Gasteiger partial charge in [-0.2, -0.15) is 0 Å². The molecule has 3 heteroatoms. The zero-order chi connectivity index (χ0) is 12.3. The first-order valence-electron chi connectivity index (χ1n) is 5.28. The van der Waals surface area contributed by atoms with Gasteiger partial charge in [-0.05, 0) is 23.3 Å². The van der Waals surface area contributed by atoms with Crippen LogP contribution < -0.4 is 5.73 Å². The van der Waals surface area contributed by atoms with Crippen LogP contribution in [-0.4, -0.2) is 5.91 Å². The summed E-state index contributed by atoms with van der Waals surface area (Å²) >= 11 is 0. The SMILES string of the molecule is NC(=O)C(c1ccccc1)c1ccc(F)cc1. The number of hydrogen-bond donors (Lipinski definition) is 1. The molecular weight excluding hydrogens is 217 g/mol. The lowest BCUT2D eigenvalue weighted by Crippen LogP contribution is -2.22. The number of nitrogens with two attached hydrogens (primary N) is 1. The van der Waals surface area contributed by atoms with E-state index in [2.05, 4.69) is 0 Å². The zero-order valence-corrected chi connectivity index (χ0v) is 9.14. The van der Waals surface area contributed by atoms with Crippen molar-refractivity contribution in [3.63, 3.8) is 0 Å². The van der Waals surface area contributed by atoms with Crippen LogP contribution in [0.3, 0.4) is 0 Å². The molecule has 17 heavy (non-hydrogen) atoms. The van der Waals surface area contributed by atoms with Gasteiger partial charge < -0.3 is 5.73 Å². The molecule has 1 atom stereocenters. The minimum Gasteiger partial charge on any atom is -0.369 e. The fraction of sp³-hybridized carbons (Fsp3) is 0.0714. The first-order valence-corrected chi connectivity index (χ1v) is 5.28. The Morgan fingerprint density at radius 3 is 2.00 bits per heavy atom. The third kappa shape index (κ3) is 2.50. The molecule has 0 fully saturated rings. The maximum atomic E-state index is 12.8. The van der Waals surface area contributed by atoms with E-state index in [9.17, 15) is 9.18 Å². The molecule has 2 N–H and O–H groups in total. The first kappa shape index (κ1) is 11.3. The second kappa shape index (κ2) is 4.78. The van der Waals surface area contributed by atoms with Gasteiger partial charge in [-0.3, -0.25) is 4.79 Å². The lowest BCUT2D eigenvalue weighted by atomic mass is 9.91. The van der Waals surface area contributed by atoms with E-state index in [0.29, 0.717) is 5.56 Å². The summed E-state index contributed by atoms with van der Waals surface area (Å²) in [5.74, 6) is -1.30. The lowest BCUT2D eigenvalue weighted by Gasteiger charge is -2.14. The van der Waals surface area contributed by atoms with Crippen LogP contribution in [0.15, 0.2) is 54.6 Å². The van der Waals surface area contributed by atoms with E-state index >= 15 is 0 Å². The molecule has 0 aromatic heterocycles. The van der Waals surface area contributed by atoms with E-state index in [1.807, 2.05) is 30.3 Å². The molecule has 2 aromatic rings. The van der Waals surface area contributed by atoms with Crippen molar-refractivity contribution >= 4 is 5.91 Å². The summed E-state index contributed by atoms with van der Waals surface area (Å²) in [6.45, 7) is 0. The Morgan fingerprint density at radius 2 is 1.47 bits per heavy atom. The number of carbonyl (C=O) groups is 1. The molecule has 1 amide bonds. The maximum Gasteiger partial charge on any atom is 0.229 e.